The van der Waals surface area contributed by atoms with Gasteiger partial charge in [0.05, 0.1) is 12.2 Å². The molecule has 0 aliphatic rings. The molecule has 96 valence electrons. The maximum absolute atomic E-state index is 5.85. The molecule has 0 bridgehead atoms. The number of hydrogen-bond donors (Lipinski definition) is 0. The molecule has 4 nitrogen and oxygen atoms in total. The third kappa shape index (κ3) is 5.84. The summed E-state index contributed by atoms with van der Waals surface area (Å²) in [4.78, 5) is 8.28. The van der Waals surface area contributed by atoms with E-state index in [0.717, 1.165) is 6.42 Å². The van der Waals surface area contributed by atoms with Crippen molar-refractivity contribution in [1.29, 1.82) is 0 Å². The number of halogens is 1. The molecular formula is C12H19ClN2O2. The van der Waals surface area contributed by atoms with Crippen LogP contribution in [0.2, 0.25) is 5.15 Å². The van der Waals surface area contributed by atoms with Gasteiger partial charge in [-0.25, -0.2) is 4.98 Å². The Labute approximate surface area is 107 Å². The first kappa shape index (κ1) is 14.2. The van der Waals surface area contributed by atoms with Gasteiger partial charge in [0.2, 0.25) is 5.88 Å². The fourth-order valence-electron chi connectivity index (χ4n) is 1.17. The minimum atomic E-state index is -0.152. The van der Waals surface area contributed by atoms with Crippen molar-refractivity contribution in [3.8, 4) is 5.88 Å². The summed E-state index contributed by atoms with van der Waals surface area (Å²) >= 11 is 5.85. The zero-order chi connectivity index (χ0) is 12.9. The van der Waals surface area contributed by atoms with Gasteiger partial charge in [-0.3, -0.25) is 0 Å². The monoisotopic (exact) mass is 258 g/mol. The lowest BCUT2D eigenvalue weighted by atomic mass is 10.2. The van der Waals surface area contributed by atoms with Crippen molar-refractivity contribution in [2.75, 3.05) is 13.2 Å². The van der Waals surface area contributed by atoms with Crippen LogP contribution in [0, 0.1) is 0 Å². The van der Waals surface area contributed by atoms with Crippen LogP contribution in [0.25, 0.3) is 0 Å². The van der Waals surface area contributed by atoms with Crippen LogP contribution in [0.5, 0.6) is 5.88 Å². The first-order valence-corrected chi connectivity index (χ1v) is 6.08. The van der Waals surface area contributed by atoms with Crippen molar-refractivity contribution in [2.45, 2.75) is 39.7 Å². The number of rotatable bonds is 5. The van der Waals surface area contributed by atoms with Crippen molar-refractivity contribution >= 4 is 11.6 Å². The Bertz CT molecular complexity index is 364. The Hall–Kier alpha value is -0.870. The predicted molar refractivity (Wildman–Crippen MR) is 67.6 cm³/mol. The fraction of sp³-hybridized carbons (Fsp3) is 0.667. The van der Waals surface area contributed by atoms with E-state index in [1.165, 1.54) is 0 Å². The van der Waals surface area contributed by atoms with Crippen LogP contribution in [0.4, 0.5) is 0 Å². The Kier molecular flexibility index (Phi) is 5.15. The highest BCUT2D eigenvalue weighted by molar-refractivity contribution is 6.29. The third-order valence-corrected chi connectivity index (χ3v) is 2.10. The van der Waals surface area contributed by atoms with Gasteiger partial charge in [-0.1, -0.05) is 18.5 Å². The highest BCUT2D eigenvalue weighted by Crippen LogP contribution is 2.14. The van der Waals surface area contributed by atoms with Gasteiger partial charge < -0.3 is 9.47 Å². The zero-order valence-corrected chi connectivity index (χ0v) is 11.5. The lowest BCUT2D eigenvalue weighted by Crippen LogP contribution is -2.22. The molecule has 1 heterocycles. The molecule has 0 aliphatic carbocycles. The molecule has 0 atom stereocenters. The summed E-state index contributed by atoms with van der Waals surface area (Å²) in [5, 5.41) is 0.406. The average Bonchev–Trinajstić information content (AvgIpc) is 2.22. The molecule has 0 aliphatic heterocycles. The van der Waals surface area contributed by atoms with E-state index in [0.29, 0.717) is 30.1 Å². The largest absolute Gasteiger partial charge is 0.475 e. The van der Waals surface area contributed by atoms with Crippen molar-refractivity contribution < 1.29 is 9.47 Å². The molecule has 0 aromatic carbocycles. The van der Waals surface area contributed by atoms with Gasteiger partial charge in [-0.15, -0.1) is 0 Å². The zero-order valence-electron chi connectivity index (χ0n) is 10.8. The van der Waals surface area contributed by atoms with E-state index in [4.69, 9.17) is 21.1 Å². The molecule has 0 unspecified atom stereocenters. The van der Waals surface area contributed by atoms with Gasteiger partial charge in [0, 0.05) is 12.5 Å². The number of nitrogens with zero attached hydrogens (tertiary/aromatic N) is 2. The third-order valence-electron chi connectivity index (χ3n) is 1.90. The minimum absolute atomic E-state index is 0.152. The highest BCUT2D eigenvalue weighted by atomic mass is 35.5. The van der Waals surface area contributed by atoms with E-state index in [2.05, 4.69) is 9.97 Å². The Balaban J connectivity index is 2.44. The van der Waals surface area contributed by atoms with Crippen LogP contribution in [0.3, 0.4) is 0 Å². The van der Waals surface area contributed by atoms with Crippen LogP contribution < -0.4 is 4.74 Å². The lowest BCUT2D eigenvalue weighted by Gasteiger charge is -2.19. The Morgan fingerprint density at radius 3 is 2.53 bits per heavy atom. The minimum Gasteiger partial charge on any atom is -0.475 e. The second kappa shape index (κ2) is 6.17. The normalized spacial score (nSPS) is 11.6. The SMILES string of the molecule is CCc1nc(Cl)cc(OCCOC(C)(C)C)n1. The lowest BCUT2D eigenvalue weighted by molar-refractivity contribution is -0.0168. The second-order valence-corrected chi connectivity index (χ2v) is 5.00. The average molecular weight is 259 g/mol. The summed E-state index contributed by atoms with van der Waals surface area (Å²) in [5.41, 5.74) is -0.152. The molecular weight excluding hydrogens is 240 g/mol. The summed E-state index contributed by atoms with van der Waals surface area (Å²) in [6.07, 6.45) is 0.732. The van der Waals surface area contributed by atoms with E-state index in [1.54, 1.807) is 6.07 Å². The topological polar surface area (TPSA) is 44.2 Å². The number of ether oxygens (including phenoxy) is 2. The predicted octanol–water partition coefficient (Wildman–Crippen LogP) is 2.89. The summed E-state index contributed by atoms with van der Waals surface area (Å²) in [7, 11) is 0. The van der Waals surface area contributed by atoms with E-state index >= 15 is 0 Å². The molecule has 1 aromatic heterocycles. The number of aromatic nitrogens is 2. The van der Waals surface area contributed by atoms with Crippen molar-refractivity contribution in [3.63, 3.8) is 0 Å². The van der Waals surface area contributed by atoms with E-state index < -0.39 is 0 Å². The van der Waals surface area contributed by atoms with Crippen LogP contribution in [-0.4, -0.2) is 28.8 Å². The maximum atomic E-state index is 5.85. The molecule has 1 rings (SSSR count). The smallest absolute Gasteiger partial charge is 0.218 e. The molecule has 5 heteroatoms. The van der Waals surface area contributed by atoms with Crippen LogP contribution >= 0.6 is 11.6 Å². The molecule has 0 N–H and O–H groups in total. The van der Waals surface area contributed by atoms with Crippen molar-refractivity contribution in [3.05, 3.63) is 17.0 Å². The molecule has 0 amide bonds. The van der Waals surface area contributed by atoms with Gasteiger partial charge in [-0.05, 0) is 20.8 Å². The van der Waals surface area contributed by atoms with Crippen LogP contribution in [0.15, 0.2) is 6.07 Å². The van der Waals surface area contributed by atoms with Crippen molar-refractivity contribution in [2.24, 2.45) is 0 Å². The number of aryl methyl sites for hydroxylation is 1. The quantitative estimate of drug-likeness (QED) is 0.602. The van der Waals surface area contributed by atoms with Crippen LogP contribution in [0.1, 0.15) is 33.5 Å². The van der Waals surface area contributed by atoms with Gasteiger partial charge in [0.15, 0.2) is 0 Å². The molecule has 0 saturated carbocycles. The first-order valence-electron chi connectivity index (χ1n) is 5.71. The molecule has 0 saturated heterocycles. The van der Waals surface area contributed by atoms with Crippen LogP contribution in [-0.2, 0) is 11.2 Å². The molecule has 1 aromatic rings. The van der Waals surface area contributed by atoms with Gasteiger partial charge in [-0.2, -0.15) is 4.98 Å². The molecule has 17 heavy (non-hydrogen) atoms. The molecule has 0 spiro atoms. The summed E-state index contributed by atoms with van der Waals surface area (Å²) in [6.45, 7) is 8.95. The first-order chi connectivity index (χ1) is 7.90. The number of hydrogen-bond acceptors (Lipinski definition) is 4. The maximum Gasteiger partial charge on any atom is 0.218 e. The Morgan fingerprint density at radius 1 is 1.24 bits per heavy atom. The Morgan fingerprint density at radius 2 is 1.94 bits per heavy atom. The van der Waals surface area contributed by atoms with Crippen molar-refractivity contribution in [1.82, 2.24) is 9.97 Å². The summed E-state index contributed by atoms with van der Waals surface area (Å²) in [6, 6.07) is 1.61. The van der Waals surface area contributed by atoms with E-state index in [9.17, 15) is 0 Å². The standard InChI is InChI=1S/C12H19ClN2O2/c1-5-10-14-9(13)8-11(15-10)16-6-7-17-12(2,3)4/h8H,5-7H2,1-4H3. The second-order valence-electron chi connectivity index (χ2n) is 4.61. The molecule has 0 fully saturated rings. The summed E-state index contributed by atoms with van der Waals surface area (Å²) in [5.74, 6) is 1.18. The molecule has 0 radical (unpaired) electrons. The van der Waals surface area contributed by atoms with Gasteiger partial charge >= 0.3 is 0 Å². The van der Waals surface area contributed by atoms with E-state index in [1.807, 2.05) is 27.7 Å². The van der Waals surface area contributed by atoms with Gasteiger partial charge in [0.1, 0.15) is 17.6 Å². The summed E-state index contributed by atoms with van der Waals surface area (Å²) < 4.78 is 11.0. The van der Waals surface area contributed by atoms with E-state index in [-0.39, 0.29) is 5.60 Å². The van der Waals surface area contributed by atoms with Gasteiger partial charge in [0.25, 0.3) is 0 Å². The fourth-order valence-corrected chi connectivity index (χ4v) is 1.36. The highest BCUT2D eigenvalue weighted by Gasteiger charge is 2.09.